The molecule has 0 fully saturated rings. The van der Waals surface area contributed by atoms with E-state index in [9.17, 15) is 13.2 Å². The summed E-state index contributed by atoms with van der Waals surface area (Å²) in [7, 11) is -3.91. The molecule has 3 aromatic rings. The van der Waals surface area contributed by atoms with E-state index in [2.05, 4.69) is 15.1 Å². The number of carbonyl (C=O) groups is 1. The number of sulfonamides is 1. The Morgan fingerprint density at radius 3 is 2.28 bits per heavy atom. The van der Waals surface area contributed by atoms with Gasteiger partial charge in [-0.3, -0.25) is 9.52 Å². The average Bonchev–Trinajstić information content (AvgIpc) is 3.09. The van der Waals surface area contributed by atoms with Crippen LogP contribution in [0.5, 0.6) is 0 Å². The maximum absolute atomic E-state index is 13.2. The highest BCUT2D eigenvalue weighted by Crippen LogP contribution is 2.30. The van der Waals surface area contributed by atoms with E-state index in [0.717, 1.165) is 5.69 Å². The molecule has 152 valence electrons. The highest BCUT2D eigenvalue weighted by atomic mass is 32.2. The molecule has 7 nitrogen and oxygen atoms in total. The van der Waals surface area contributed by atoms with Crippen molar-refractivity contribution in [3.8, 4) is 5.69 Å². The number of hydrogen-bond acceptors (Lipinski definition) is 4. The molecule has 0 spiro atoms. The van der Waals surface area contributed by atoms with Crippen LogP contribution in [0.1, 0.15) is 33.4 Å². The van der Waals surface area contributed by atoms with E-state index < -0.39 is 15.4 Å². The number of rotatable bonds is 5. The van der Waals surface area contributed by atoms with Gasteiger partial charge >= 0.3 is 0 Å². The van der Waals surface area contributed by atoms with Crippen LogP contribution in [0.4, 0.5) is 11.4 Å². The largest absolute Gasteiger partial charge is 0.326 e. The van der Waals surface area contributed by atoms with Crippen molar-refractivity contribution in [2.45, 2.75) is 38.0 Å². The van der Waals surface area contributed by atoms with Gasteiger partial charge < -0.3 is 5.32 Å². The van der Waals surface area contributed by atoms with Gasteiger partial charge in [-0.05, 0) is 30.3 Å². The van der Waals surface area contributed by atoms with Crippen LogP contribution in [0.15, 0.2) is 65.7 Å². The van der Waals surface area contributed by atoms with Crippen molar-refractivity contribution in [1.29, 1.82) is 0 Å². The molecule has 0 unspecified atom stereocenters. The monoisotopic (exact) mass is 412 g/mol. The summed E-state index contributed by atoms with van der Waals surface area (Å²) in [6, 6.07) is 15.9. The number of benzene rings is 2. The summed E-state index contributed by atoms with van der Waals surface area (Å²) in [5.41, 5.74) is 1.61. The van der Waals surface area contributed by atoms with Gasteiger partial charge in [-0.1, -0.05) is 45.0 Å². The third-order valence-electron chi connectivity index (χ3n) is 4.14. The fourth-order valence-electron chi connectivity index (χ4n) is 2.86. The number of nitrogens with zero attached hydrogens (tertiary/aromatic N) is 2. The maximum Gasteiger partial charge on any atom is 0.265 e. The van der Waals surface area contributed by atoms with Gasteiger partial charge in [-0.15, -0.1) is 0 Å². The molecule has 0 aliphatic rings. The van der Waals surface area contributed by atoms with Gasteiger partial charge in [0, 0.05) is 18.0 Å². The third-order valence-corrected chi connectivity index (χ3v) is 5.52. The van der Waals surface area contributed by atoms with Crippen molar-refractivity contribution in [2.75, 3.05) is 10.0 Å². The predicted octanol–water partition coefficient (Wildman–Crippen LogP) is 3.93. The van der Waals surface area contributed by atoms with Crippen molar-refractivity contribution in [1.82, 2.24) is 9.78 Å². The van der Waals surface area contributed by atoms with E-state index in [1.807, 2.05) is 51.1 Å². The molecule has 2 N–H and O–H groups in total. The number of para-hydroxylation sites is 1. The van der Waals surface area contributed by atoms with E-state index in [0.29, 0.717) is 17.1 Å². The number of hydrogen-bond donors (Lipinski definition) is 2. The summed E-state index contributed by atoms with van der Waals surface area (Å²) < 4.78 is 30.6. The molecule has 0 bridgehead atoms. The lowest BCUT2D eigenvalue weighted by Crippen LogP contribution is -2.20. The van der Waals surface area contributed by atoms with Crippen molar-refractivity contribution < 1.29 is 13.2 Å². The summed E-state index contributed by atoms with van der Waals surface area (Å²) in [6.07, 6.45) is 1.52. The smallest absolute Gasteiger partial charge is 0.265 e. The molecular formula is C21H24N4O3S. The summed E-state index contributed by atoms with van der Waals surface area (Å²) in [5, 5.41) is 7.20. The topological polar surface area (TPSA) is 93.1 Å². The first kappa shape index (κ1) is 20.6. The minimum Gasteiger partial charge on any atom is -0.326 e. The minimum absolute atomic E-state index is 0.110. The molecule has 8 heteroatoms. The summed E-state index contributed by atoms with van der Waals surface area (Å²) in [5.74, 6) is -0.232. The number of aromatic nitrogens is 2. The second-order valence-electron chi connectivity index (χ2n) is 7.74. The first-order valence-corrected chi connectivity index (χ1v) is 10.6. The molecule has 1 heterocycles. The Bertz CT molecular complexity index is 1130. The Morgan fingerprint density at radius 1 is 1.00 bits per heavy atom. The Kier molecular flexibility index (Phi) is 5.48. The van der Waals surface area contributed by atoms with Crippen molar-refractivity contribution in [3.05, 3.63) is 66.5 Å². The minimum atomic E-state index is -3.91. The summed E-state index contributed by atoms with van der Waals surface area (Å²) in [6.45, 7) is 7.15. The zero-order chi connectivity index (χ0) is 21.2. The average molecular weight is 413 g/mol. The highest BCUT2D eigenvalue weighted by Gasteiger charge is 2.30. The molecule has 0 radical (unpaired) electrons. The van der Waals surface area contributed by atoms with Gasteiger partial charge in [-0.25, -0.2) is 13.1 Å². The standard InChI is InChI=1S/C21H24N4O3S/c1-15(26)22-16-9-8-10-17(13-16)24-29(27,28)19-14-25(18-11-6-5-7-12-18)23-20(19)21(2,3)4/h5-14,24H,1-4H3,(H,22,26). The van der Waals surface area contributed by atoms with Gasteiger partial charge in [0.1, 0.15) is 4.90 Å². The quantitative estimate of drug-likeness (QED) is 0.664. The van der Waals surface area contributed by atoms with E-state index in [1.165, 1.54) is 13.1 Å². The molecule has 1 aromatic heterocycles. The number of carbonyl (C=O) groups excluding carboxylic acids is 1. The normalized spacial score (nSPS) is 11.9. The molecule has 0 aliphatic heterocycles. The summed E-state index contributed by atoms with van der Waals surface area (Å²) in [4.78, 5) is 11.4. The van der Waals surface area contributed by atoms with Crippen LogP contribution in [-0.2, 0) is 20.2 Å². The lowest BCUT2D eigenvalue weighted by atomic mass is 9.92. The highest BCUT2D eigenvalue weighted by molar-refractivity contribution is 7.92. The maximum atomic E-state index is 13.2. The Hall–Kier alpha value is -3.13. The van der Waals surface area contributed by atoms with Crippen LogP contribution in [0, 0.1) is 0 Å². The number of anilines is 2. The van der Waals surface area contributed by atoms with Crippen LogP contribution >= 0.6 is 0 Å². The Labute approximate surface area is 170 Å². The van der Waals surface area contributed by atoms with Gasteiger partial charge in [0.05, 0.1) is 23.3 Å². The van der Waals surface area contributed by atoms with Crippen molar-refractivity contribution in [2.24, 2.45) is 0 Å². The van der Waals surface area contributed by atoms with Crippen LogP contribution < -0.4 is 10.0 Å². The second-order valence-corrected chi connectivity index (χ2v) is 9.39. The fourth-order valence-corrected chi connectivity index (χ4v) is 4.25. The van der Waals surface area contributed by atoms with Gasteiger partial charge in [0.15, 0.2) is 0 Å². The first-order chi connectivity index (χ1) is 13.6. The van der Waals surface area contributed by atoms with Crippen LogP contribution in [0.25, 0.3) is 5.69 Å². The Balaban J connectivity index is 2.02. The van der Waals surface area contributed by atoms with Crippen LogP contribution in [0.2, 0.25) is 0 Å². The third kappa shape index (κ3) is 4.83. The van der Waals surface area contributed by atoms with Gasteiger partial charge in [0.2, 0.25) is 5.91 Å². The summed E-state index contributed by atoms with van der Waals surface area (Å²) >= 11 is 0. The molecule has 0 saturated carbocycles. The lowest BCUT2D eigenvalue weighted by Gasteiger charge is -2.18. The SMILES string of the molecule is CC(=O)Nc1cccc(NS(=O)(=O)c2cn(-c3ccccc3)nc2C(C)(C)C)c1. The van der Waals surface area contributed by atoms with Gasteiger partial charge in [-0.2, -0.15) is 5.10 Å². The van der Waals surface area contributed by atoms with Crippen molar-refractivity contribution in [3.63, 3.8) is 0 Å². The van der Waals surface area contributed by atoms with Crippen LogP contribution in [-0.4, -0.2) is 24.1 Å². The molecule has 29 heavy (non-hydrogen) atoms. The van der Waals surface area contributed by atoms with E-state index in [-0.39, 0.29) is 10.8 Å². The molecule has 0 saturated heterocycles. The molecule has 0 aliphatic carbocycles. The van der Waals surface area contributed by atoms with Crippen molar-refractivity contribution >= 4 is 27.3 Å². The zero-order valence-electron chi connectivity index (χ0n) is 16.8. The fraction of sp³-hybridized carbons (Fsp3) is 0.238. The number of amides is 1. The van der Waals surface area contributed by atoms with E-state index in [4.69, 9.17) is 0 Å². The van der Waals surface area contributed by atoms with Gasteiger partial charge in [0.25, 0.3) is 10.0 Å². The zero-order valence-corrected chi connectivity index (χ0v) is 17.6. The molecule has 3 rings (SSSR count). The Morgan fingerprint density at radius 2 is 1.66 bits per heavy atom. The van der Waals surface area contributed by atoms with E-state index >= 15 is 0 Å². The van der Waals surface area contributed by atoms with E-state index in [1.54, 1.807) is 28.9 Å². The molecular weight excluding hydrogens is 388 g/mol. The predicted molar refractivity (Wildman–Crippen MR) is 114 cm³/mol. The van der Waals surface area contributed by atoms with Crippen LogP contribution in [0.3, 0.4) is 0 Å². The second kappa shape index (κ2) is 7.71. The first-order valence-electron chi connectivity index (χ1n) is 9.12. The molecule has 0 atom stereocenters. The lowest BCUT2D eigenvalue weighted by molar-refractivity contribution is -0.114. The molecule has 1 amide bonds. The number of nitrogens with one attached hydrogen (secondary N) is 2. The molecule has 2 aromatic carbocycles.